The zero-order valence-electron chi connectivity index (χ0n) is 16.3. The molecule has 0 saturated carbocycles. The molecule has 26 heavy (non-hydrogen) atoms. The molecule has 3 heterocycles. The van der Waals surface area contributed by atoms with E-state index in [-0.39, 0.29) is 5.91 Å². The number of carbonyl (C=O) groups is 1. The van der Waals surface area contributed by atoms with Crippen LogP contribution in [-0.4, -0.2) is 54.4 Å². The third kappa shape index (κ3) is 4.78. The Morgan fingerprint density at radius 1 is 1.31 bits per heavy atom. The van der Waals surface area contributed by atoms with Gasteiger partial charge in [0.05, 0.1) is 6.54 Å². The average Bonchev–Trinajstić information content (AvgIpc) is 3.07. The van der Waals surface area contributed by atoms with Gasteiger partial charge in [0, 0.05) is 44.0 Å². The highest BCUT2D eigenvalue weighted by molar-refractivity contribution is 7.10. The van der Waals surface area contributed by atoms with E-state index in [2.05, 4.69) is 42.4 Å². The summed E-state index contributed by atoms with van der Waals surface area (Å²) in [6, 6.07) is 2.15. The maximum Gasteiger partial charge on any atom is 0.224 e. The molecule has 2 aliphatic heterocycles. The van der Waals surface area contributed by atoms with Gasteiger partial charge < -0.3 is 15.1 Å². The molecule has 144 valence electrons. The van der Waals surface area contributed by atoms with Crippen molar-refractivity contribution >= 4 is 23.2 Å². The van der Waals surface area contributed by atoms with E-state index >= 15 is 0 Å². The van der Waals surface area contributed by atoms with Gasteiger partial charge in [-0.3, -0.25) is 9.79 Å². The van der Waals surface area contributed by atoms with Gasteiger partial charge in [0.2, 0.25) is 5.91 Å². The molecule has 6 heteroatoms. The van der Waals surface area contributed by atoms with Crippen molar-refractivity contribution < 1.29 is 4.79 Å². The molecule has 1 N–H and O–H groups in total. The Morgan fingerprint density at radius 2 is 2.08 bits per heavy atom. The summed E-state index contributed by atoms with van der Waals surface area (Å²) in [4.78, 5) is 23.1. The van der Waals surface area contributed by atoms with Crippen molar-refractivity contribution in [3.05, 3.63) is 21.9 Å². The molecule has 0 radical (unpaired) electrons. The van der Waals surface area contributed by atoms with Gasteiger partial charge in [0.25, 0.3) is 0 Å². The minimum atomic E-state index is 0.224. The second kappa shape index (κ2) is 8.89. The van der Waals surface area contributed by atoms with E-state index in [1.165, 1.54) is 16.9 Å². The standard InChI is InChI=1S/C20H32N4OS/c1-4-21-20(24-12-15(2)11-16(3)13-24)22-8-5-19(25)23-9-6-18-17(14-23)7-10-26-18/h7,10,15-16H,4-6,8-9,11-14H2,1-3H3,(H,21,22). The minimum absolute atomic E-state index is 0.224. The first-order chi connectivity index (χ1) is 12.6. The predicted molar refractivity (Wildman–Crippen MR) is 109 cm³/mol. The summed E-state index contributed by atoms with van der Waals surface area (Å²) in [7, 11) is 0. The number of thiophene rings is 1. The molecule has 2 unspecified atom stereocenters. The van der Waals surface area contributed by atoms with Gasteiger partial charge in [-0.25, -0.2) is 0 Å². The maximum atomic E-state index is 12.6. The first kappa shape index (κ1) is 19.2. The Hall–Kier alpha value is -1.56. The molecule has 0 aromatic carbocycles. The summed E-state index contributed by atoms with van der Waals surface area (Å²) in [6.45, 7) is 11.9. The van der Waals surface area contributed by atoms with E-state index in [9.17, 15) is 4.79 Å². The maximum absolute atomic E-state index is 12.6. The van der Waals surface area contributed by atoms with Crippen molar-refractivity contribution in [2.75, 3.05) is 32.7 Å². The van der Waals surface area contributed by atoms with Gasteiger partial charge in [-0.2, -0.15) is 0 Å². The van der Waals surface area contributed by atoms with Crippen LogP contribution in [0.15, 0.2) is 16.4 Å². The van der Waals surface area contributed by atoms with Gasteiger partial charge in [-0.05, 0) is 48.6 Å². The van der Waals surface area contributed by atoms with Crippen LogP contribution in [0.4, 0.5) is 0 Å². The number of likely N-dealkylation sites (tertiary alicyclic amines) is 1. The third-order valence-electron chi connectivity index (χ3n) is 5.25. The Kier molecular flexibility index (Phi) is 6.57. The molecule has 1 fully saturated rings. The highest BCUT2D eigenvalue weighted by atomic mass is 32.1. The van der Waals surface area contributed by atoms with Crippen LogP contribution in [0.1, 0.15) is 44.1 Å². The van der Waals surface area contributed by atoms with Gasteiger partial charge >= 0.3 is 0 Å². The van der Waals surface area contributed by atoms with E-state index in [1.807, 2.05) is 16.2 Å². The molecule has 2 aliphatic rings. The number of carbonyl (C=O) groups excluding carboxylic acids is 1. The largest absolute Gasteiger partial charge is 0.357 e. The molecular weight excluding hydrogens is 344 g/mol. The highest BCUT2D eigenvalue weighted by Gasteiger charge is 2.24. The number of piperidine rings is 1. The summed E-state index contributed by atoms with van der Waals surface area (Å²) >= 11 is 1.81. The van der Waals surface area contributed by atoms with Crippen LogP contribution in [0.2, 0.25) is 0 Å². The number of nitrogens with one attached hydrogen (secondary N) is 1. The van der Waals surface area contributed by atoms with Gasteiger partial charge in [0.15, 0.2) is 5.96 Å². The van der Waals surface area contributed by atoms with Crippen LogP contribution >= 0.6 is 11.3 Å². The second-order valence-electron chi connectivity index (χ2n) is 7.77. The lowest BCUT2D eigenvalue weighted by Crippen LogP contribution is -2.48. The summed E-state index contributed by atoms with van der Waals surface area (Å²) in [5, 5.41) is 5.54. The third-order valence-corrected chi connectivity index (χ3v) is 6.27. The normalized spacial score (nSPS) is 23.7. The lowest BCUT2D eigenvalue weighted by Gasteiger charge is -2.37. The first-order valence-corrected chi connectivity index (χ1v) is 10.8. The fourth-order valence-corrected chi connectivity index (χ4v) is 5.03. The van der Waals surface area contributed by atoms with E-state index in [4.69, 9.17) is 4.99 Å². The Bertz CT molecular complexity index is 632. The Balaban J connectivity index is 1.54. The van der Waals surface area contributed by atoms with Crippen molar-refractivity contribution in [2.45, 2.75) is 46.6 Å². The van der Waals surface area contributed by atoms with Crippen LogP contribution < -0.4 is 5.32 Å². The van der Waals surface area contributed by atoms with E-state index in [0.29, 0.717) is 24.8 Å². The van der Waals surface area contributed by atoms with Crippen LogP contribution in [0.5, 0.6) is 0 Å². The van der Waals surface area contributed by atoms with E-state index in [1.54, 1.807) is 0 Å². The molecule has 1 saturated heterocycles. The summed E-state index contributed by atoms with van der Waals surface area (Å²) in [5.41, 5.74) is 1.32. The average molecular weight is 377 g/mol. The van der Waals surface area contributed by atoms with E-state index in [0.717, 1.165) is 45.1 Å². The Morgan fingerprint density at radius 3 is 2.81 bits per heavy atom. The number of amides is 1. The fourth-order valence-electron chi connectivity index (χ4n) is 4.14. The number of rotatable bonds is 4. The van der Waals surface area contributed by atoms with E-state index < -0.39 is 0 Å². The predicted octanol–water partition coefficient (Wildman–Crippen LogP) is 2.97. The van der Waals surface area contributed by atoms with Crippen molar-refractivity contribution in [1.29, 1.82) is 0 Å². The number of hydrogen-bond acceptors (Lipinski definition) is 3. The second-order valence-corrected chi connectivity index (χ2v) is 8.77. The molecule has 2 atom stereocenters. The molecule has 0 spiro atoms. The molecule has 0 bridgehead atoms. The molecular formula is C20H32N4OS. The van der Waals surface area contributed by atoms with Crippen LogP contribution in [0.3, 0.4) is 0 Å². The molecule has 1 aromatic rings. The van der Waals surface area contributed by atoms with Crippen molar-refractivity contribution in [3.8, 4) is 0 Å². The number of guanidine groups is 1. The van der Waals surface area contributed by atoms with Crippen molar-refractivity contribution in [1.82, 2.24) is 15.1 Å². The zero-order chi connectivity index (χ0) is 18.5. The van der Waals surface area contributed by atoms with Gasteiger partial charge in [-0.15, -0.1) is 11.3 Å². The van der Waals surface area contributed by atoms with Crippen molar-refractivity contribution in [2.24, 2.45) is 16.8 Å². The lowest BCUT2D eigenvalue weighted by molar-refractivity contribution is -0.131. The van der Waals surface area contributed by atoms with Crippen LogP contribution in [0.25, 0.3) is 0 Å². The van der Waals surface area contributed by atoms with Crippen LogP contribution in [0, 0.1) is 11.8 Å². The first-order valence-electron chi connectivity index (χ1n) is 9.93. The molecule has 5 nitrogen and oxygen atoms in total. The zero-order valence-corrected chi connectivity index (χ0v) is 17.1. The Labute approximate surface area is 161 Å². The summed E-state index contributed by atoms with van der Waals surface area (Å²) < 4.78 is 0. The monoisotopic (exact) mass is 376 g/mol. The number of nitrogens with zero attached hydrogens (tertiary/aromatic N) is 3. The number of aliphatic imine (C=N–C) groups is 1. The SMILES string of the molecule is CCNC(=NCCC(=O)N1CCc2sccc2C1)N1CC(C)CC(C)C1. The smallest absolute Gasteiger partial charge is 0.224 e. The molecule has 3 rings (SSSR count). The topological polar surface area (TPSA) is 47.9 Å². The quantitative estimate of drug-likeness (QED) is 0.649. The number of fused-ring (bicyclic) bond motifs is 1. The van der Waals surface area contributed by atoms with Gasteiger partial charge in [0.1, 0.15) is 0 Å². The highest BCUT2D eigenvalue weighted by Crippen LogP contribution is 2.24. The molecule has 0 aliphatic carbocycles. The molecule has 1 amide bonds. The molecule has 1 aromatic heterocycles. The van der Waals surface area contributed by atoms with Crippen LogP contribution in [-0.2, 0) is 17.8 Å². The number of hydrogen-bond donors (Lipinski definition) is 1. The summed E-state index contributed by atoms with van der Waals surface area (Å²) in [5.74, 6) is 2.58. The van der Waals surface area contributed by atoms with Crippen molar-refractivity contribution in [3.63, 3.8) is 0 Å². The van der Waals surface area contributed by atoms with Gasteiger partial charge in [-0.1, -0.05) is 13.8 Å². The minimum Gasteiger partial charge on any atom is -0.357 e. The lowest BCUT2D eigenvalue weighted by atomic mass is 9.92. The fraction of sp³-hybridized carbons (Fsp3) is 0.700. The summed E-state index contributed by atoms with van der Waals surface area (Å²) in [6.07, 6.45) is 2.77.